The number of H-pyrrole nitrogens is 1. The summed E-state index contributed by atoms with van der Waals surface area (Å²) in [4.78, 5) is 15.6. The predicted molar refractivity (Wildman–Crippen MR) is 180 cm³/mol. The smallest absolute Gasteiger partial charge is 0.268 e. The van der Waals surface area contributed by atoms with Gasteiger partial charge >= 0.3 is 0 Å². The molecule has 266 valence electrons. The van der Waals surface area contributed by atoms with Crippen LogP contribution in [-0.2, 0) is 26.5 Å². The van der Waals surface area contributed by atoms with Crippen molar-refractivity contribution < 1.29 is 42.0 Å². The zero-order chi connectivity index (χ0) is 33.4. The van der Waals surface area contributed by atoms with Gasteiger partial charge in [0.15, 0.2) is 12.3 Å². The van der Waals surface area contributed by atoms with E-state index in [0.717, 1.165) is 50.7 Å². The molecule has 13 heteroatoms. The Morgan fingerprint density at radius 1 is 0.809 bits per heavy atom. The van der Waals surface area contributed by atoms with Crippen LogP contribution in [0.3, 0.4) is 0 Å². The average molecular weight is 698 g/mol. The van der Waals surface area contributed by atoms with Gasteiger partial charge < -0.3 is 32.5 Å². The molecule has 0 radical (unpaired) electrons. The van der Waals surface area contributed by atoms with Crippen molar-refractivity contribution in [3.8, 4) is 11.8 Å². The summed E-state index contributed by atoms with van der Waals surface area (Å²) in [5.41, 5.74) is 0. The largest absolute Gasteiger partial charge is 0.756 e. The summed E-state index contributed by atoms with van der Waals surface area (Å²) in [5, 5.41) is 11.1. The van der Waals surface area contributed by atoms with Crippen LogP contribution >= 0.6 is 19.2 Å². The predicted octanol–water partition coefficient (Wildman–Crippen LogP) is 8.61. The third-order valence-corrected chi connectivity index (χ3v) is 9.71. The number of nitrogens with one attached hydrogen (secondary N) is 1. The lowest BCUT2D eigenvalue weighted by molar-refractivity contribution is -0.382. The lowest BCUT2D eigenvalue weighted by atomic mass is 10.0. The molecule has 0 aromatic carbocycles. The van der Waals surface area contributed by atoms with E-state index >= 15 is 0 Å². The summed E-state index contributed by atoms with van der Waals surface area (Å²) in [6, 6.07) is 3.36. The zero-order valence-corrected chi connectivity index (χ0v) is 30.2. The van der Waals surface area contributed by atoms with Crippen LogP contribution in [-0.4, -0.2) is 36.2 Å². The number of rotatable bonds is 30. The molecule has 0 aliphatic carbocycles. The number of aromatic amines is 1. The zero-order valence-electron chi connectivity index (χ0n) is 28.5. The van der Waals surface area contributed by atoms with Crippen molar-refractivity contribution in [3.05, 3.63) is 40.2 Å². The maximum absolute atomic E-state index is 12.4. The molecular weight excluding hydrogens is 641 g/mol. The lowest BCUT2D eigenvalue weighted by Crippen LogP contribution is -2.31. The standard InChI is InChI=1S/C34H56N3O8PS/c1-3-4-5-6-7-8-9-10-11-12-13-14-17-20-30-26-32(36-45-30)40-27-31(43-33-25-29(2)44-37-33)28-42-46(38,39)41-23-19-16-15-18-21-34-35-22-24-47-34/h22,24-26,31H,3-21,23,27-28H2,1-2H3,(H,38,39). The highest BCUT2D eigenvalue weighted by Crippen LogP contribution is 2.38. The van der Waals surface area contributed by atoms with Crippen LogP contribution in [0.25, 0.3) is 0 Å². The van der Waals surface area contributed by atoms with E-state index in [9.17, 15) is 9.46 Å². The Hall–Kier alpha value is -2.24. The maximum atomic E-state index is 12.4. The van der Waals surface area contributed by atoms with Crippen molar-refractivity contribution in [2.24, 2.45) is 0 Å². The molecule has 0 bridgehead atoms. The molecule has 0 saturated heterocycles. The summed E-state index contributed by atoms with van der Waals surface area (Å²) in [5.74, 6) is 1.82. The van der Waals surface area contributed by atoms with E-state index < -0.39 is 13.9 Å². The fourth-order valence-electron chi connectivity index (χ4n) is 5.20. The highest BCUT2D eigenvalue weighted by atomic mass is 32.1. The fraction of sp³-hybridized carbons (Fsp3) is 0.735. The molecule has 3 rings (SSSR count). The molecule has 11 nitrogen and oxygen atoms in total. The summed E-state index contributed by atoms with van der Waals surface area (Å²) in [6.07, 6.45) is 23.4. The summed E-state index contributed by atoms with van der Waals surface area (Å²) in [7, 11) is -4.53. The Kier molecular flexibility index (Phi) is 20.0. The van der Waals surface area contributed by atoms with Crippen LogP contribution in [0.1, 0.15) is 133 Å². The molecule has 1 N–H and O–H groups in total. The minimum absolute atomic E-state index is 0.0434. The third kappa shape index (κ3) is 18.8. The number of phosphoric acid groups is 1. The molecule has 0 amide bonds. The van der Waals surface area contributed by atoms with Crippen LogP contribution in [0, 0.1) is 6.92 Å². The Bertz CT molecular complexity index is 1220. The van der Waals surface area contributed by atoms with Crippen LogP contribution in [0.2, 0.25) is 0 Å². The van der Waals surface area contributed by atoms with E-state index in [1.54, 1.807) is 30.4 Å². The number of ether oxygens (including phenoxy) is 2. The van der Waals surface area contributed by atoms with Crippen LogP contribution in [0.4, 0.5) is 0 Å². The first-order chi connectivity index (χ1) is 22.9. The van der Waals surface area contributed by atoms with Crippen molar-refractivity contribution in [2.45, 2.75) is 142 Å². The number of aromatic nitrogens is 3. The Balaban J connectivity index is 1.28. The molecule has 0 fully saturated rings. The molecule has 47 heavy (non-hydrogen) atoms. The topological polar surface area (TPSA) is 143 Å². The van der Waals surface area contributed by atoms with Gasteiger partial charge in [0, 0.05) is 25.0 Å². The molecular formula is C34H56N3O8PS. The van der Waals surface area contributed by atoms with Gasteiger partial charge in [-0.1, -0.05) is 108 Å². The number of hydrogen-bond acceptors (Lipinski definition) is 11. The number of phosphoric ester groups is 1. The van der Waals surface area contributed by atoms with Crippen molar-refractivity contribution in [2.75, 3.05) is 19.8 Å². The van der Waals surface area contributed by atoms with Gasteiger partial charge in [0.1, 0.15) is 18.1 Å². The van der Waals surface area contributed by atoms with Gasteiger partial charge in [0.05, 0.1) is 18.6 Å². The quantitative estimate of drug-likeness (QED) is 0.0491. The Labute approximate surface area is 284 Å². The second-order valence-electron chi connectivity index (χ2n) is 12.2. The van der Waals surface area contributed by atoms with Gasteiger partial charge in [-0.25, -0.2) is 4.98 Å². The SMILES string of the molecule is CCCCCCCCCCCCCCCc1cc(OCC(COP(=O)([O-])OCCCCCCc2[nH+]ccs2)Oc2cc(C)on2)no1. The average Bonchev–Trinajstić information content (AvgIpc) is 3.83. The second-order valence-corrected chi connectivity index (χ2v) is 14.6. The molecule has 0 aliphatic rings. The first-order valence-corrected chi connectivity index (χ1v) is 20.0. The molecule has 0 spiro atoms. The van der Waals surface area contributed by atoms with Crippen molar-refractivity contribution >= 4 is 19.2 Å². The summed E-state index contributed by atoms with van der Waals surface area (Å²) < 4.78 is 44.7. The normalized spacial score (nSPS) is 13.5. The van der Waals surface area contributed by atoms with E-state index in [4.69, 9.17) is 27.6 Å². The number of aryl methyl sites for hydroxylation is 3. The number of nitrogens with zero attached hydrogens (tertiary/aromatic N) is 2. The molecule has 0 saturated carbocycles. The van der Waals surface area contributed by atoms with Crippen LogP contribution in [0.15, 0.2) is 32.8 Å². The number of unbranched alkanes of at least 4 members (excludes halogenated alkanes) is 15. The van der Waals surface area contributed by atoms with E-state index in [1.165, 1.54) is 75.6 Å². The molecule has 0 aliphatic heterocycles. The minimum atomic E-state index is -4.53. The fourth-order valence-corrected chi connectivity index (χ4v) is 6.67. The first-order valence-electron chi connectivity index (χ1n) is 17.7. The number of thiazole rings is 1. The molecule has 3 aromatic rings. The maximum Gasteiger partial charge on any atom is 0.268 e. The summed E-state index contributed by atoms with van der Waals surface area (Å²) in [6.45, 7) is 3.69. The van der Waals surface area contributed by atoms with Gasteiger partial charge in [-0.2, -0.15) is 0 Å². The third-order valence-electron chi connectivity index (χ3n) is 7.86. The summed E-state index contributed by atoms with van der Waals surface area (Å²) >= 11 is 1.70. The molecule has 2 atom stereocenters. The minimum Gasteiger partial charge on any atom is -0.756 e. The van der Waals surface area contributed by atoms with E-state index in [-0.39, 0.29) is 25.7 Å². The van der Waals surface area contributed by atoms with Gasteiger partial charge in [0.2, 0.25) is 5.01 Å². The van der Waals surface area contributed by atoms with Gasteiger partial charge in [-0.15, -0.1) is 0 Å². The molecule has 3 aromatic heterocycles. The van der Waals surface area contributed by atoms with E-state index in [2.05, 4.69) is 22.2 Å². The number of hydrogen-bond donors (Lipinski definition) is 0. The monoisotopic (exact) mass is 697 g/mol. The highest BCUT2D eigenvalue weighted by molar-refractivity contribution is 7.45. The van der Waals surface area contributed by atoms with Crippen molar-refractivity contribution in [1.82, 2.24) is 10.3 Å². The van der Waals surface area contributed by atoms with Crippen LogP contribution < -0.4 is 19.4 Å². The van der Waals surface area contributed by atoms with Crippen LogP contribution in [0.5, 0.6) is 11.8 Å². The Morgan fingerprint density at radius 2 is 1.45 bits per heavy atom. The highest BCUT2D eigenvalue weighted by Gasteiger charge is 2.20. The molecule has 2 unspecified atom stereocenters. The Morgan fingerprint density at radius 3 is 2.09 bits per heavy atom. The molecule has 3 heterocycles. The van der Waals surface area contributed by atoms with Gasteiger partial charge in [-0.3, -0.25) is 4.57 Å². The second kappa shape index (κ2) is 24.0. The van der Waals surface area contributed by atoms with Gasteiger partial charge in [-0.05, 0) is 36.5 Å². The van der Waals surface area contributed by atoms with E-state index in [1.807, 2.05) is 11.6 Å². The van der Waals surface area contributed by atoms with Crippen molar-refractivity contribution in [3.63, 3.8) is 0 Å². The lowest BCUT2D eigenvalue weighted by Gasteiger charge is -2.25. The van der Waals surface area contributed by atoms with Gasteiger partial charge in [0.25, 0.3) is 19.6 Å². The first kappa shape index (κ1) is 39.2. The van der Waals surface area contributed by atoms with E-state index in [0.29, 0.717) is 18.1 Å². The van der Waals surface area contributed by atoms with Crippen molar-refractivity contribution in [1.29, 1.82) is 0 Å².